The van der Waals surface area contributed by atoms with Crippen LogP contribution in [0.5, 0.6) is 5.75 Å². The molecule has 21 heavy (non-hydrogen) atoms. The Labute approximate surface area is 132 Å². The summed E-state index contributed by atoms with van der Waals surface area (Å²) in [6.07, 6.45) is 0. The first-order valence-electron chi connectivity index (χ1n) is 7.50. The lowest BCUT2D eigenvalue weighted by atomic mass is 9.97. The fourth-order valence-electron chi connectivity index (χ4n) is 2.38. The summed E-state index contributed by atoms with van der Waals surface area (Å²) in [7, 11) is 0. The van der Waals surface area contributed by atoms with E-state index in [0.29, 0.717) is 12.5 Å². The predicted octanol–water partition coefficient (Wildman–Crippen LogP) is 5.85. The molecule has 0 saturated carbocycles. The lowest BCUT2D eigenvalue weighted by molar-refractivity contribution is 0.337. The number of hydrogen-bond donors (Lipinski definition) is 0. The number of rotatable bonds is 5. The minimum Gasteiger partial charge on any atom is -0.494 e. The summed E-state index contributed by atoms with van der Waals surface area (Å²) in [5, 5.41) is -0.187. The summed E-state index contributed by atoms with van der Waals surface area (Å²) < 4.78 is 5.71. The Balaban J connectivity index is 2.34. The molecule has 0 spiro atoms. The van der Waals surface area contributed by atoms with Gasteiger partial charge in [0.15, 0.2) is 0 Å². The van der Waals surface area contributed by atoms with Gasteiger partial charge in [-0.25, -0.2) is 0 Å². The highest BCUT2D eigenvalue weighted by Crippen LogP contribution is 2.36. The maximum atomic E-state index is 6.70. The number of halogens is 1. The zero-order valence-corrected chi connectivity index (χ0v) is 13.9. The van der Waals surface area contributed by atoms with Gasteiger partial charge in [-0.15, -0.1) is 11.6 Å². The van der Waals surface area contributed by atoms with Crippen molar-refractivity contribution in [1.82, 2.24) is 0 Å². The zero-order chi connectivity index (χ0) is 15.4. The average Bonchev–Trinajstić information content (AvgIpc) is 2.48. The van der Waals surface area contributed by atoms with Gasteiger partial charge in [0.25, 0.3) is 0 Å². The van der Waals surface area contributed by atoms with Crippen molar-refractivity contribution in [2.45, 2.75) is 39.0 Å². The van der Waals surface area contributed by atoms with Crippen LogP contribution < -0.4 is 4.74 Å². The minimum absolute atomic E-state index is 0.187. The average molecular weight is 303 g/mol. The third kappa shape index (κ3) is 3.79. The number of alkyl halides is 1. The largest absolute Gasteiger partial charge is 0.494 e. The standard InChI is InChI=1S/C19H23ClO/c1-5-21-18-11-6-14(4)12-17(18)19(20)16-9-7-15(8-10-16)13(2)3/h6-13,19H,5H2,1-4H3. The van der Waals surface area contributed by atoms with Crippen LogP contribution in [0.15, 0.2) is 42.5 Å². The highest BCUT2D eigenvalue weighted by Gasteiger charge is 2.16. The van der Waals surface area contributed by atoms with E-state index in [1.54, 1.807) is 0 Å². The van der Waals surface area contributed by atoms with Crippen LogP contribution in [0.2, 0.25) is 0 Å². The highest BCUT2D eigenvalue weighted by atomic mass is 35.5. The summed E-state index contributed by atoms with van der Waals surface area (Å²) in [6.45, 7) is 9.10. The summed E-state index contributed by atoms with van der Waals surface area (Å²) in [5.41, 5.74) is 4.67. The SMILES string of the molecule is CCOc1ccc(C)cc1C(Cl)c1ccc(C(C)C)cc1. The second-order valence-corrected chi connectivity index (χ2v) is 6.09. The Kier molecular flexibility index (Phi) is 5.30. The molecule has 0 aliphatic carbocycles. The summed E-state index contributed by atoms with van der Waals surface area (Å²) in [6, 6.07) is 14.7. The molecule has 0 aromatic heterocycles. The van der Waals surface area contributed by atoms with Gasteiger partial charge in [0.2, 0.25) is 0 Å². The van der Waals surface area contributed by atoms with Crippen molar-refractivity contribution >= 4 is 11.6 Å². The van der Waals surface area contributed by atoms with Gasteiger partial charge in [-0.2, -0.15) is 0 Å². The second-order valence-electron chi connectivity index (χ2n) is 5.66. The van der Waals surface area contributed by atoms with Crippen molar-refractivity contribution in [1.29, 1.82) is 0 Å². The van der Waals surface area contributed by atoms with Gasteiger partial charge in [0.1, 0.15) is 5.75 Å². The molecule has 0 N–H and O–H groups in total. The molecule has 0 saturated heterocycles. The van der Waals surface area contributed by atoms with Crippen LogP contribution in [0.4, 0.5) is 0 Å². The van der Waals surface area contributed by atoms with Gasteiger partial charge < -0.3 is 4.74 Å². The summed E-state index contributed by atoms with van der Waals surface area (Å²) in [5.74, 6) is 1.40. The van der Waals surface area contributed by atoms with Crippen molar-refractivity contribution in [3.05, 3.63) is 64.7 Å². The molecule has 2 rings (SSSR count). The van der Waals surface area contributed by atoms with Crippen LogP contribution in [0.25, 0.3) is 0 Å². The molecule has 1 unspecified atom stereocenters. The van der Waals surface area contributed by atoms with E-state index >= 15 is 0 Å². The normalized spacial score (nSPS) is 12.5. The molecule has 112 valence electrons. The van der Waals surface area contributed by atoms with E-state index in [9.17, 15) is 0 Å². The Morgan fingerprint density at radius 1 is 1.00 bits per heavy atom. The van der Waals surface area contributed by atoms with Crippen molar-refractivity contribution in [2.24, 2.45) is 0 Å². The first-order chi connectivity index (χ1) is 10.0. The van der Waals surface area contributed by atoms with Crippen molar-refractivity contribution in [2.75, 3.05) is 6.61 Å². The van der Waals surface area contributed by atoms with Crippen LogP contribution in [-0.2, 0) is 0 Å². The van der Waals surface area contributed by atoms with Gasteiger partial charge in [-0.3, -0.25) is 0 Å². The van der Waals surface area contributed by atoms with Gasteiger partial charge in [0.05, 0.1) is 12.0 Å². The molecule has 1 nitrogen and oxygen atoms in total. The Bertz CT molecular complexity index is 587. The Morgan fingerprint density at radius 2 is 1.62 bits per heavy atom. The highest BCUT2D eigenvalue weighted by molar-refractivity contribution is 6.22. The molecule has 0 amide bonds. The molecule has 0 fully saturated rings. The van der Waals surface area contributed by atoms with Crippen molar-refractivity contribution in [3.63, 3.8) is 0 Å². The van der Waals surface area contributed by atoms with Gasteiger partial charge >= 0.3 is 0 Å². The van der Waals surface area contributed by atoms with Crippen LogP contribution in [0.1, 0.15) is 54.3 Å². The first kappa shape index (κ1) is 15.9. The van der Waals surface area contributed by atoms with Crippen LogP contribution >= 0.6 is 11.6 Å². The molecule has 2 aromatic carbocycles. The van der Waals surface area contributed by atoms with E-state index < -0.39 is 0 Å². The predicted molar refractivity (Wildman–Crippen MR) is 90.6 cm³/mol. The number of benzene rings is 2. The molecule has 0 aliphatic rings. The molecule has 0 radical (unpaired) electrons. The van der Waals surface area contributed by atoms with Gasteiger partial charge in [-0.05, 0) is 37.0 Å². The minimum atomic E-state index is -0.187. The van der Waals surface area contributed by atoms with E-state index in [1.807, 2.05) is 13.0 Å². The van der Waals surface area contributed by atoms with E-state index in [0.717, 1.165) is 16.9 Å². The van der Waals surface area contributed by atoms with Gasteiger partial charge in [-0.1, -0.05) is 55.8 Å². The van der Waals surface area contributed by atoms with Crippen LogP contribution in [-0.4, -0.2) is 6.61 Å². The maximum absolute atomic E-state index is 6.70. The topological polar surface area (TPSA) is 9.23 Å². The number of aryl methyl sites for hydroxylation is 1. The molecule has 2 aromatic rings. The fourth-order valence-corrected chi connectivity index (χ4v) is 2.70. The smallest absolute Gasteiger partial charge is 0.124 e. The zero-order valence-electron chi connectivity index (χ0n) is 13.2. The third-order valence-electron chi connectivity index (χ3n) is 3.63. The van der Waals surface area contributed by atoms with E-state index in [4.69, 9.17) is 16.3 Å². The monoisotopic (exact) mass is 302 g/mol. The van der Waals surface area contributed by atoms with Crippen LogP contribution in [0.3, 0.4) is 0 Å². The van der Waals surface area contributed by atoms with Crippen LogP contribution in [0, 0.1) is 6.92 Å². The molecular formula is C19H23ClO. The number of ether oxygens (including phenoxy) is 1. The van der Waals surface area contributed by atoms with Crippen molar-refractivity contribution < 1.29 is 4.74 Å². The molecule has 0 heterocycles. The molecule has 0 bridgehead atoms. The quantitative estimate of drug-likeness (QED) is 0.630. The Morgan fingerprint density at radius 3 is 2.19 bits per heavy atom. The van der Waals surface area contributed by atoms with Crippen molar-refractivity contribution in [3.8, 4) is 5.75 Å². The molecule has 2 heteroatoms. The van der Waals surface area contributed by atoms with E-state index in [-0.39, 0.29) is 5.38 Å². The fraction of sp³-hybridized carbons (Fsp3) is 0.368. The summed E-state index contributed by atoms with van der Waals surface area (Å²) in [4.78, 5) is 0. The molecular weight excluding hydrogens is 280 g/mol. The number of hydrogen-bond acceptors (Lipinski definition) is 1. The Hall–Kier alpha value is -1.47. The molecule has 1 atom stereocenters. The lowest BCUT2D eigenvalue weighted by Crippen LogP contribution is -2.01. The van der Waals surface area contributed by atoms with E-state index in [1.165, 1.54) is 11.1 Å². The molecule has 0 aliphatic heterocycles. The summed E-state index contributed by atoms with van der Waals surface area (Å²) >= 11 is 6.70. The lowest BCUT2D eigenvalue weighted by Gasteiger charge is -2.17. The third-order valence-corrected chi connectivity index (χ3v) is 4.12. The maximum Gasteiger partial charge on any atom is 0.124 e. The van der Waals surface area contributed by atoms with E-state index in [2.05, 4.69) is 57.2 Å². The van der Waals surface area contributed by atoms with Gasteiger partial charge in [0, 0.05) is 5.56 Å². The first-order valence-corrected chi connectivity index (χ1v) is 7.93. The second kappa shape index (κ2) is 7.00.